The van der Waals surface area contributed by atoms with Crippen LogP contribution in [0.1, 0.15) is 49.2 Å². The second-order valence-corrected chi connectivity index (χ2v) is 7.62. The predicted octanol–water partition coefficient (Wildman–Crippen LogP) is 1.44. The molecule has 28 heavy (non-hydrogen) atoms. The lowest BCUT2D eigenvalue weighted by atomic mass is 10.0. The van der Waals surface area contributed by atoms with Gasteiger partial charge in [0, 0.05) is 37.8 Å². The summed E-state index contributed by atoms with van der Waals surface area (Å²) in [4.78, 5) is 27.5. The second-order valence-electron chi connectivity index (χ2n) is 7.62. The summed E-state index contributed by atoms with van der Waals surface area (Å²) in [5.74, 6) is -0.363. The van der Waals surface area contributed by atoms with E-state index >= 15 is 0 Å². The van der Waals surface area contributed by atoms with Gasteiger partial charge < -0.3 is 16.0 Å². The minimum Gasteiger partial charge on any atom is -0.341 e. The molecule has 7 heteroatoms. The van der Waals surface area contributed by atoms with Crippen molar-refractivity contribution in [1.82, 2.24) is 20.9 Å². The molecular formula is C21H31N5O2. The van der Waals surface area contributed by atoms with Gasteiger partial charge in [0.15, 0.2) is 0 Å². The van der Waals surface area contributed by atoms with E-state index in [4.69, 9.17) is 5.26 Å². The van der Waals surface area contributed by atoms with Gasteiger partial charge in [0.2, 0.25) is 5.91 Å². The molecule has 0 aliphatic carbocycles. The van der Waals surface area contributed by atoms with Gasteiger partial charge in [-0.2, -0.15) is 5.26 Å². The van der Waals surface area contributed by atoms with Crippen LogP contribution in [-0.2, 0) is 4.79 Å². The highest BCUT2D eigenvalue weighted by Crippen LogP contribution is 2.21. The maximum Gasteiger partial charge on any atom is 0.251 e. The molecule has 0 bridgehead atoms. The molecule has 2 rings (SSSR count). The minimum atomic E-state index is -0.657. The zero-order chi connectivity index (χ0) is 20.5. The molecule has 0 radical (unpaired) electrons. The predicted molar refractivity (Wildman–Crippen MR) is 109 cm³/mol. The lowest BCUT2D eigenvalue weighted by Crippen LogP contribution is -2.47. The molecule has 1 heterocycles. The second kappa shape index (κ2) is 10.8. The molecule has 3 N–H and O–H groups in total. The summed E-state index contributed by atoms with van der Waals surface area (Å²) in [5.41, 5.74) is 1.63. The number of nitriles is 1. The molecular weight excluding hydrogens is 354 g/mol. The summed E-state index contributed by atoms with van der Waals surface area (Å²) in [5, 5.41) is 17.4. The maximum absolute atomic E-state index is 12.8. The number of amides is 2. The van der Waals surface area contributed by atoms with Crippen molar-refractivity contribution in [3.05, 3.63) is 35.4 Å². The fraction of sp³-hybridized carbons (Fsp3) is 0.571. The third-order valence-corrected chi connectivity index (χ3v) is 5.00. The van der Waals surface area contributed by atoms with E-state index in [9.17, 15) is 9.59 Å². The van der Waals surface area contributed by atoms with E-state index in [1.54, 1.807) is 6.07 Å². The average Bonchev–Trinajstić information content (AvgIpc) is 2.71. The highest BCUT2D eigenvalue weighted by molar-refractivity contribution is 5.97. The molecule has 0 aromatic heterocycles. The lowest BCUT2D eigenvalue weighted by molar-refractivity contribution is -0.123. The van der Waals surface area contributed by atoms with Crippen LogP contribution in [0, 0.1) is 17.2 Å². The molecule has 7 nitrogen and oxygen atoms in total. The van der Waals surface area contributed by atoms with Gasteiger partial charge in [-0.15, -0.1) is 0 Å². The Balaban J connectivity index is 2.09. The Morgan fingerprint density at radius 2 is 1.96 bits per heavy atom. The van der Waals surface area contributed by atoms with Crippen LogP contribution in [0.3, 0.4) is 0 Å². The first-order valence-electron chi connectivity index (χ1n) is 9.92. The topological polar surface area (TPSA) is 97.3 Å². The smallest absolute Gasteiger partial charge is 0.251 e. The number of carbonyl (C=O) groups excluding carboxylic acids is 2. The molecule has 1 aromatic carbocycles. The summed E-state index contributed by atoms with van der Waals surface area (Å²) < 4.78 is 0. The third-order valence-electron chi connectivity index (χ3n) is 5.00. The van der Waals surface area contributed by atoms with Crippen molar-refractivity contribution >= 4 is 11.8 Å². The van der Waals surface area contributed by atoms with Crippen molar-refractivity contribution in [3.63, 3.8) is 0 Å². The molecule has 0 saturated carbocycles. The van der Waals surface area contributed by atoms with Crippen molar-refractivity contribution < 1.29 is 9.59 Å². The number of hydrogen-bond acceptors (Lipinski definition) is 5. The first kappa shape index (κ1) is 21.9. The Morgan fingerprint density at radius 1 is 1.25 bits per heavy atom. The Morgan fingerprint density at radius 3 is 2.61 bits per heavy atom. The van der Waals surface area contributed by atoms with Gasteiger partial charge in [-0.05, 0) is 37.0 Å². The number of piperazine rings is 1. The van der Waals surface area contributed by atoms with Crippen molar-refractivity contribution in [3.8, 4) is 6.07 Å². The van der Waals surface area contributed by atoms with Gasteiger partial charge in [-0.1, -0.05) is 26.0 Å². The largest absolute Gasteiger partial charge is 0.341 e. The molecule has 0 spiro atoms. The Bertz CT molecular complexity index is 707. The highest BCUT2D eigenvalue weighted by atomic mass is 16.2. The molecule has 152 valence electrons. The normalized spacial score (nSPS) is 16.8. The average molecular weight is 386 g/mol. The highest BCUT2D eigenvalue weighted by Gasteiger charge is 2.23. The number of carbonyl (C=O) groups is 2. The Hall–Kier alpha value is -2.43. The zero-order valence-corrected chi connectivity index (χ0v) is 17.0. The van der Waals surface area contributed by atoms with Crippen molar-refractivity contribution in [2.45, 2.75) is 39.3 Å². The van der Waals surface area contributed by atoms with Crippen LogP contribution < -0.4 is 16.0 Å². The molecule has 2 atom stereocenters. The van der Waals surface area contributed by atoms with Crippen molar-refractivity contribution in [2.24, 2.45) is 5.92 Å². The van der Waals surface area contributed by atoms with Crippen molar-refractivity contribution in [1.29, 1.82) is 5.26 Å². The van der Waals surface area contributed by atoms with E-state index in [1.807, 2.05) is 38.1 Å². The zero-order valence-electron chi connectivity index (χ0n) is 17.0. The summed E-state index contributed by atoms with van der Waals surface area (Å²) in [6.45, 7) is 9.97. The van der Waals surface area contributed by atoms with E-state index in [-0.39, 0.29) is 30.3 Å². The van der Waals surface area contributed by atoms with E-state index in [2.05, 4.69) is 27.8 Å². The van der Waals surface area contributed by atoms with Crippen LogP contribution in [0.25, 0.3) is 0 Å². The van der Waals surface area contributed by atoms with Crippen LogP contribution in [0.15, 0.2) is 24.3 Å². The maximum atomic E-state index is 12.8. The van der Waals surface area contributed by atoms with Crippen LogP contribution >= 0.6 is 0 Å². The first-order valence-corrected chi connectivity index (χ1v) is 9.92. The quantitative estimate of drug-likeness (QED) is 0.588. The lowest BCUT2D eigenvalue weighted by Gasteiger charge is -2.33. The Kier molecular flexibility index (Phi) is 8.42. The van der Waals surface area contributed by atoms with Gasteiger partial charge in [0.25, 0.3) is 5.91 Å². The van der Waals surface area contributed by atoms with Gasteiger partial charge in [-0.25, -0.2) is 0 Å². The Labute approximate surface area is 167 Å². The summed E-state index contributed by atoms with van der Waals surface area (Å²) >= 11 is 0. The summed E-state index contributed by atoms with van der Waals surface area (Å²) in [7, 11) is 0. The molecule has 1 aromatic rings. The number of hydrogen-bond donors (Lipinski definition) is 3. The number of rotatable bonds is 8. The van der Waals surface area contributed by atoms with E-state index in [0.717, 1.165) is 31.7 Å². The van der Waals surface area contributed by atoms with Crippen LogP contribution in [-0.4, -0.2) is 55.5 Å². The van der Waals surface area contributed by atoms with Gasteiger partial charge in [0.1, 0.15) is 12.6 Å². The van der Waals surface area contributed by atoms with E-state index < -0.39 is 6.04 Å². The monoisotopic (exact) mass is 385 g/mol. The fourth-order valence-corrected chi connectivity index (χ4v) is 3.41. The molecule has 1 saturated heterocycles. The van der Waals surface area contributed by atoms with Gasteiger partial charge in [0.05, 0.1) is 6.07 Å². The first-order chi connectivity index (χ1) is 13.4. The molecule has 2 amide bonds. The van der Waals surface area contributed by atoms with Crippen LogP contribution in [0.2, 0.25) is 0 Å². The van der Waals surface area contributed by atoms with Gasteiger partial charge in [-0.3, -0.25) is 14.5 Å². The van der Waals surface area contributed by atoms with Crippen molar-refractivity contribution in [2.75, 3.05) is 32.7 Å². The molecule has 2 unspecified atom stereocenters. The van der Waals surface area contributed by atoms with E-state index in [1.165, 1.54) is 0 Å². The van der Waals surface area contributed by atoms with Crippen LogP contribution in [0.4, 0.5) is 0 Å². The standard InChI is InChI=1S/C21H31N5O2/c1-15(2)13-19(21(28)24-8-7-22)25-20(27)18-6-4-5-17(14-18)16(3)26-11-9-23-10-12-26/h4-6,14-16,19,23H,8-13H2,1-3H3,(H,24,28)(H,25,27). The summed E-state index contributed by atoms with van der Waals surface area (Å²) in [6, 6.07) is 9.05. The van der Waals surface area contributed by atoms with E-state index in [0.29, 0.717) is 12.0 Å². The fourth-order valence-electron chi connectivity index (χ4n) is 3.41. The minimum absolute atomic E-state index is 0.0685. The SMILES string of the molecule is CC(C)CC(NC(=O)c1cccc(C(C)N2CCNCC2)c1)C(=O)NCC#N. The number of nitrogens with one attached hydrogen (secondary N) is 3. The molecule has 1 fully saturated rings. The molecule has 1 aliphatic heterocycles. The third kappa shape index (κ3) is 6.32. The number of benzene rings is 1. The molecule has 1 aliphatic rings. The number of nitrogens with zero attached hydrogens (tertiary/aromatic N) is 2. The van der Waals surface area contributed by atoms with Gasteiger partial charge >= 0.3 is 0 Å². The van der Waals surface area contributed by atoms with Crippen LogP contribution in [0.5, 0.6) is 0 Å². The summed E-state index contributed by atoms with van der Waals surface area (Å²) in [6.07, 6.45) is 0.514.